The summed E-state index contributed by atoms with van der Waals surface area (Å²) >= 11 is 0. The summed E-state index contributed by atoms with van der Waals surface area (Å²) in [4.78, 5) is 16.1. The number of hydrogen-bond donors (Lipinski definition) is 0. The van der Waals surface area contributed by atoms with Gasteiger partial charge in [-0.3, -0.25) is 0 Å². The Kier molecular flexibility index (Phi) is 3.78. The van der Waals surface area contributed by atoms with Crippen molar-refractivity contribution in [2.75, 3.05) is 14.2 Å². The number of carbonyl (C=O) groups is 1. The molecule has 22 heavy (non-hydrogen) atoms. The highest BCUT2D eigenvalue weighted by Gasteiger charge is 2.11. The maximum absolute atomic E-state index is 11.7. The van der Waals surface area contributed by atoms with E-state index in [0.717, 1.165) is 22.7 Å². The van der Waals surface area contributed by atoms with Crippen LogP contribution >= 0.6 is 0 Å². The molecule has 0 saturated carbocycles. The first-order chi connectivity index (χ1) is 10.7. The van der Waals surface area contributed by atoms with Gasteiger partial charge in [0.15, 0.2) is 0 Å². The molecule has 0 saturated heterocycles. The Morgan fingerprint density at radius 2 is 2.00 bits per heavy atom. The molecule has 1 aromatic carbocycles. The molecule has 0 spiro atoms. The monoisotopic (exact) mass is 296 g/mol. The van der Waals surface area contributed by atoms with Crippen molar-refractivity contribution in [3.63, 3.8) is 0 Å². The zero-order valence-corrected chi connectivity index (χ0v) is 12.4. The summed E-state index contributed by atoms with van der Waals surface area (Å²) in [5, 5.41) is 0. The van der Waals surface area contributed by atoms with Crippen LogP contribution in [0.1, 0.15) is 21.7 Å². The van der Waals surface area contributed by atoms with Crippen molar-refractivity contribution >= 4 is 11.5 Å². The summed E-state index contributed by atoms with van der Waals surface area (Å²) < 4.78 is 12.0. The number of imidazole rings is 1. The summed E-state index contributed by atoms with van der Waals surface area (Å²) in [7, 11) is 3.02. The van der Waals surface area contributed by atoms with Crippen LogP contribution in [0.5, 0.6) is 5.75 Å². The topological polar surface area (TPSA) is 52.8 Å². The number of rotatable bonds is 4. The minimum atomic E-state index is -0.362. The zero-order chi connectivity index (χ0) is 15.5. The first kappa shape index (κ1) is 14.1. The van der Waals surface area contributed by atoms with Gasteiger partial charge in [0, 0.05) is 18.2 Å². The second-order valence-corrected chi connectivity index (χ2v) is 4.87. The van der Waals surface area contributed by atoms with Crippen molar-refractivity contribution in [2.45, 2.75) is 6.42 Å². The maximum Gasteiger partial charge on any atom is 0.339 e. The Morgan fingerprint density at radius 3 is 2.77 bits per heavy atom. The maximum atomic E-state index is 11.7. The highest BCUT2D eigenvalue weighted by atomic mass is 16.5. The van der Waals surface area contributed by atoms with Gasteiger partial charge in [-0.05, 0) is 18.2 Å². The molecule has 0 aliphatic carbocycles. The third kappa shape index (κ3) is 2.53. The predicted molar refractivity (Wildman–Crippen MR) is 82.3 cm³/mol. The van der Waals surface area contributed by atoms with Gasteiger partial charge < -0.3 is 13.9 Å². The van der Waals surface area contributed by atoms with E-state index in [1.165, 1.54) is 7.11 Å². The van der Waals surface area contributed by atoms with E-state index in [1.807, 2.05) is 34.7 Å². The summed E-state index contributed by atoms with van der Waals surface area (Å²) in [5.74, 6) is 1.30. The molecule has 0 bridgehead atoms. The highest BCUT2D eigenvalue weighted by Crippen LogP contribution is 2.21. The Labute approximate surface area is 128 Å². The fraction of sp³-hybridized carbons (Fsp3) is 0.176. The number of esters is 1. The summed E-state index contributed by atoms with van der Waals surface area (Å²) in [6.07, 6.45) is 4.15. The van der Waals surface area contributed by atoms with Gasteiger partial charge in [-0.1, -0.05) is 18.2 Å². The number of fused-ring (bicyclic) bond motifs is 1. The molecule has 0 fully saturated rings. The van der Waals surface area contributed by atoms with Crippen LogP contribution in [0.15, 0.2) is 48.8 Å². The lowest BCUT2D eigenvalue weighted by atomic mass is 10.1. The van der Waals surface area contributed by atoms with E-state index in [4.69, 9.17) is 9.47 Å². The summed E-state index contributed by atoms with van der Waals surface area (Å²) in [6, 6.07) is 11.4. The number of methoxy groups -OCH3 is 2. The number of para-hydroxylation sites is 1. The van der Waals surface area contributed by atoms with E-state index in [9.17, 15) is 4.79 Å². The first-order valence-corrected chi connectivity index (χ1v) is 6.89. The minimum Gasteiger partial charge on any atom is -0.496 e. The molecular weight excluding hydrogens is 280 g/mol. The molecule has 2 aromatic heterocycles. The minimum absolute atomic E-state index is 0.362. The number of pyridine rings is 1. The molecular formula is C17H16N2O3. The molecule has 0 radical (unpaired) electrons. The lowest BCUT2D eigenvalue weighted by Gasteiger charge is -2.08. The quantitative estimate of drug-likeness (QED) is 0.695. The molecule has 0 aliphatic rings. The molecule has 3 rings (SSSR count). The normalized spacial score (nSPS) is 10.6. The van der Waals surface area contributed by atoms with E-state index < -0.39 is 0 Å². The van der Waals surface area contributed by atoms with Crippen LogP contribution in [0.25, 0.3) is 5.52 Å². The van der Waals surface area contributed by atoms with E-state index in [2.05, 4.69) is 4.98 Å². The number of nitrogens with zero attached hydrogens (tertiary/aromatic N) is 2. The third-order valence-electron chi connectivity index (χ3n) is 3.57. The van der Waals surface area contributed by atoms with Gasteiger partial charge >= 0.3 is 5.97 Å². The number of ether oxygens (including phenoxy) is 2. The van der Waals surface area contributed by atoms with E-state index >= 15 is 0 Å². The van der Waals surface area contributed by atoms with Crippen molar-refractivity contribution in [2.24, 2.45) is 0 Å². The SMILES string of the molecule is COC(=O)c1ccc2cnc(Cc3ccccc3OC)n2c1. The third-order valence-corrected chi connectivity index (χ3v) is 3.57. The molecule has 3 aromatic rings. The largest absolute Gasteiger partial charge is 0.496 e. The van der Waals surface area contributed by atoms with Crippen LogP contribution in [-0.2, 0) is 11.2 Å². The van der Waals surface area contributed by atoms with Crippen LogP contribution in [0.4, 0.5) is 0 Å². The van der Waals surface area contributed by atoms with Gasteiger partial charge in [-0.2, -0.15) is 0 Å². The number of benzene rings is 1. The van der Waals surface area contributed by atoms with Crippen molar-refractivity contribution in [3.05, 3.63) is 65.7 Å². The van der Waals surface area contributed by atoms with Crippen molar-refractivity contribution in [1.29, 1.82) is 0 Å². The van der Waals surface area contributed by atoms with Gasteiger partial charge in [0.1, 0.15) is 11.6 Å². The molecule has 0 atom stereocenters. The number of carbonyl (C=O) groups excluding carboxylic acids is 1. The fourth-order valence-electron chi connectivity index (χ4n) is 2.43. The Bertz CT molecular complexity index is 824. The molecule has 2 heterocycles. The molecule has 112 valence electrons. The van der Waals surface area contributed by atoms with Gasteiger partial charge in [-0.25, -0.2) is 9.78 Å². The predicted octanol–water partition coefficient (Wildman–Crippen LogP) is 2.72. The second kappa shape index (κ2) is 5.89. The zero-order valence-electron chi connectivity index (χ0n) is 12.4. The highest BCUT2D eigenvalue weighted by molar-refractivity contribution is 5.89. The van der Waals surface area contributed by atoms with Crippen LogP contribution in [0.3, 0.4) is 0 Å². The van der Waals surface area contributed by atoms with E-state index in [0.29, 0.717) is 12.0 Å². The van der Waals surface area contributed by atoms with Crippen molar-refractivity contribution < 1.29 is 14.3 Å². The van der Waals surface area contributed by atoms with Crippen LogP contribution < -0.4 is 4.74 Å². The van der Waals surface area contributed by atoms with Crippen molar-refractivity contribution in [3.8, 4) is 5.75 Å². The molecule has 5 nitrogen and oxygen atoms in total. The fourth-order valence-corrected chi connectivity index (χ4v) is 2.43. The summed E-state index contributed by atoms with van der Waals surface area (Å²) in [5.41, 5.74) is 2.47. The average molecular weight is 296 g/mol. The molecule has 0 unspecified atom stereocenters. The number of hydrogen-bond acceptors (Lipinski definition) is 4. The van der Waals surface area contributed by atoms with Gasteiger partial charge in [-0.15, -0.1) is 0 Å². The first-order valence-electron chi connectivity index (χ1n) is 6.89. The van der Waals surface area contributed by atoms with Crippen LogP contribution in [0.2, 0.25) is 0 Å². The Hall–Kier alpha value is -2.82. The van der Waals surface area contributed by atoms with Gasteiger partial charge in [0.25, 0.3) is 0 Å². The summed E-state index contributed by atoms with van der Waals surface area (Å²) in [6.45, 7) is 0. The van der Waals surface area contributed by atoms with Gasteiger partial charge in [0.05, 0.1) is 31.5 Å². The molecule has 5 heteroatoms. The second-order valence-electron chi connectivity index (χ2n) is 4.87. The van der Waals surface area contributed by atoms with Crippen molar-refractivity contribution in [1.82, 2.24) is 9.38 Å². The lowest BCUT2D eigenvalue weighted by Crippen LogP contribution is -2.04. The van der Waals surface area contributed by atoms with E-state index in [-0.39, 0.29) is 5.97 Å². The lowest BCUT2D eigenvalue weighted by molar-refractivity contribution is 0.0600. The number of aromatic nitrogens is 2. The average Bonchev–Trinajstić information content (AvgIpc) is 2.97. The smallest absolute Gasteiger partial charge is 0.339 e. The van der Waals surface area contributed by atoms with E-state index in [1.54, 1.807) is 25.6 Å². The standard InChI is InChI=1S/C17H16N2O3/c1-21-15-6-4-3-5-12(15)9-16-18-10-14-8-7-13(11-19(14)16)17(20)22-2/h3-8,10-11H,9H2,1-2H3. The van der Waals surface area contributed by atoms with Crippen LogP contribution in [0, 0.1) is 0 Å². The molecule has 0 N–H and O–H groups in total. The molecule has 0 amide bonds. The van der Waals surface area contributed by atoms with Crippen LogP contribution in [-0.4, -0.2) is 29.6 Å². The molecule has 0 aliphatic heterocycles. The Balaban J connectivity index is 2.02. The Morgan fingerprint density at radius 1 is 1.18 bits per heavy atom. The van der Waals surface area contributed by atoms with Gasteiger partial charge in [0.2, 0.25) is 0 Å².